The van der Waals surface area contributed by atoms with E-state index in [0.29, 0.717) is 108 Å². The van der Waals surface area contributed by atoms with Gasteiger partial charge in [0.2, 0.25) is 17.7 Å². The molecule has 400 valence electrons. The number of nitrogens with one attached hydrogen (secondary N) is 2. The van der Waals surface area contributed by atoms with Gasteiger partial charge in [0.25, 0.3) is 0 Å². The fourth-order valence-electron chi connectivity index (χ4n) is 5.01. The molecule has 0 atom stereocenters. The van der Waals surface area contributed by atoms with Crippen molar-refractivity contribution in [1.82, 2.24) is 15.2 Å². The van der Waals surface area contributed by atoms with Gasteiger partial charge in [0, 0.05) is 61.2 Å². The molecule has 19 heteroatoms. The number of primary amides is 1. The summed E-state index contributed by atoms with van der Waals surface area (Å²) in [4.78, 5) is 52.2. The van der Waals surface area contributed by atoms with Crippen molar-refractivity contribution in [1.29, 1.82) is 0 Å². The maximum Gasteiger partial charge on any atom is 0.304 e. The number of hydrogen-bond acceptors (Lipinski definition) is 12. The van der Waals surface area contributed by atoms with Crippen LogP contribution in [0.5, 0.6) is 0 Å². The van der Waals surface area contributed by atoms with Crippen molar-refractivity contribution in [3.05, 3.63) is 83.7 Å². The van der Waals surface area contributed by atoms with Crippen LogP contribution in [0.25, 0.3) is 11.1 Å². The smallest absolute Gasteiger partial charge is 0.304 e. The van der Waals surface area contributed by atoms with Gasteiger partial charge in [-0.3, -0.25) is 19.2 Å². The molecule has 1 aromatic heterocycles. The van der Waals surface area contributed by atoms with E-state index in [1.807, 2.05) is 65.1 Å². The molecule has 16 nitrogen and oxygen atoms in total. The van der Waals surface area contributed by atoms with E-state index in [0.717, 1.165) is 24.6 Å². The molecule has 0 aliphatic carbocycles. The number of aromatic nitrogens is 1. The van der Waals surface area contributed by atoms with E-state index in [2.05, 4.69) is 48.1 Å². The van der Waals surface area contributed by atoms with Gasteiger partial charge in [0.05, 0.1) is 71.6 Å². The van der Waals surface area contributed by atoms with E-state index in [4.69, 9.17) is 41.3 Å². The van der Waals surface area contributed by atoms with Gasteiger partial charge in [-0.1, -0.05) is 85.7 Å². The van der Waals surface area contributed by atoms with Crippen LogP contribution >= 0.6 is 11.8 Å². The minimum Gasteiger partial charge on any atom is -0.481 e. The zero-order valence-electron chi connectivity index (χ0n) is 43.4. The lowest BCUT2D eigenvalue weighted by molar-refractivity contribution is -0.136. The number of hydrogen-bond donors (Lipinski definition) is 6. The normalized spacial score (nSPS) is 10.2. The highest BCUT2D eigenvalue weighted by Gasteiger charge is 2.18. The summed E-state index contributed by atoms with van der Waals surface area (Å²) in [5.74, 6) is -1.25. The second kappa shape index (κ2) is 46.6. The van der Waals surface area contributed by atoms with Crippen molar-refractivity contribution < 1.29 is 56.8 Å². The molecule has 0 radical (unpaired) electrons. The molecule has 70 heavy (non-hydrogen) atoms. The van der Waals surface area contributed by atoms with E-state index >= 15 is 0 Å². The summed E-state index contributed by atoms with van der Waals surface area (Å²) >= 11 is 1.32. The number of nitrogens with two attached hydrogens (primary N) is 3. The number of carboxylic acids is 1. The van der Waals surface area contributed by atoms with E-state index in [9.17, 15) is 32.8 Å². The first-order valence-corrected chi connectivity index (χ1v) is 25.1. The van der Waals surface area contributed by atoms with Gasteiger partial charge in [-0.2, -0.15) is 11.8 Å². The first-order valence-electron chi connectivity index (χ1n) is 23.9. The van der Waals surface area contributed by atoms with Crippen LogP contribution in [0.4, 0.5) is 8.78 Å². The molecule has 0 saturated heterocycles. The third kappa shape index (κ3) is 43.3. The van der Waals surface area contributed by atoms with Gasteiger partial charge in [-0.05, 0) is 61.6 Å². The molecule has 1 heterocycles. The zero-order chi connectivity index (χ0) is 53.6. The maximum absolute atomic E-state index is 14.2. The van der Waals surface area contributed by atoms with Crippen LogP contribution in [0.1, 0.15) is 99.3 Å². The molecule has 0 aliphatic rings. The van der Waals surface area contributed by atoms with E-state index in [1.54, 1.807) is 6.92 Å². The number of ketones is 1. The Bertz CT molecular complexity index is 1800. The van der Waals surface area contributed by atoms with Gasteiger partial charge in [-0.15, -0.1) is 0 Å². The predicted octanol–water partition coefficient (Wildman–Crippen LogP) is 6.77. The number of carbonyl (C=O) groups is 5. The van der Waals surface area contributed by atoms with Crippen molar-refractivity contribution in [3.8, 4) is 11.1 Å². The minimum absolute atomic E-state index is 0.0146. The monoisotopic (exact) mass is 1010 g/mol. The van der Waals surface area contributed by atoms with Gasteiger partial charge >= 0.3 is 5.97 Å². The van der Waals surface area contributed by atoms with E-state index in [-0.39, 0.29) is 48.3 Å². The molecule has 0 bridgehead atoms. The third-order valence-electron chi connectivity index (χ3n) is 8.39. The predicted molar refractivity (Wildman–Crippen MR) is 278 cm³/mol. The summed E-state index contributed by atoms with van der Waals surface area (Å²) in [6.07, 6.45) is 4.54. The van der Waals surface area contributed by atoms with Crippen LogP contribution < -0.4 is 27.8 Å². The molecule has 0 saturated carbocycles. The molecule has 2 aromatic carbocycles. The summed E-state index contributed by atoms with van der Waals surface area (Å²) < 4.78 is 50.8. The first-order chi connectivity index (χ1) is 33.4. The molecule has 9 N–H and O–H groups in total. The second-order valence-electron chi connectivity index (χ2n) is 15.7. The molecule has 3 aromatic rings. The Morgan fingerprint density at radius 3 is 1.80 bits per heavy atom. The van der Waals surface area contributed by atoms with Crippen LogP contribution in [-0.4, -0.2) is 130 Å². The van der Waals surface area contributed by atoms with Gasteiger partial charge in [0.15, 0.2) is 0 Å². The lowest BCUT2D eigenvalue weighted by Gasteiger charge is -2.19. The second-order valence-corrected chi connectivity index (χ2v) is 16.8. The summed E-state index contributed by atoms with van der Waals surface area (Å²) in [5.41, 5.74) is 18.8. The largest absolute Gasteiger partial charge is 0.481 e. The number of nitrogens with zero attached hydrogens (tertiary/aromatic N) is 1. The van der Waals surface area contributed by atoms with Gasteiger partial charge < -0.3 is 61.3 Å². The number of carbonyl (C=O) groups excluding carboxylic acids is 4. The van der Waals surface area contributed by atoms with E-state index in [1.165, 1.54) is 29.5 Å². The number of aliphatic carboxylic acids is 1. The van der Waals surface area contributed by atoms with Crippen molar-refractivity contribution in [2.45, 2.75) is 101 Å². The summed E-state index contributed by atoms with van der Waals surface area (Å²) in [6.45, 7) is 23.7. The number of Topliss-reactive ketones (excluding diaryl/α,β-unsaturated/α-hetero) is 1. The number of amides is 3. The Morgan fingerprint density at radius 1 is 0.757 bits per heavy atom. The highest BCUT2D eigenvalue weighted by atomic mass is 32.2. The Morgan fingerprint density at radius 2 is 1.30 bits per heavy atom. The number of benzene rings is 2. The Labute approximate surface area is 420 Å². The minimum atomic E-state index is -0.832. The van der Waals surface area contributed by atoms with Crippen LogP contribution in [0.3, 0.4) is 0 Å². The Hall–Kier alpha value is -4.76. The highest BCUT2D eigenvalue weighted by molar-refractivity contribution is 7.99. The molecule has 0 fully saturated rings. The number of carboxylic acid groups (broad SMARTS) is 1. The Kier molecular flexibility index (Phi) is 46.3. The SMILES string of the molecule is CC.CC.CC(C)(C)Cc1cc(-c2cc(F)ccc2F)cn1Cc1ccccc1.CCC(C)=O.NCC(=O)NCCOCCOCCOCCOCCC(N)=O.NCCCNC(=O)CSCCC(=O)O. The Balaban J connectivity index is -0.000000912. The molecule has 0 spiro atoms. The number of ether oxygens (including phenoxy) is 4. The molecular weight excluding hydrogens is 927 g/mol. The zero-order valence-corrected chi connectivity index (χ0v) is 44.2. The quantitative estimate of drug-likeness (QED) is 0.0394. The molecular formula is C51H86F2N6O10S. The fraction of sp³-hybridized carbons (Fsp3) is 0.588. The third-order valence-corrected chi connectivity index (χ3v) is 9.35. The lowest BCUT2D eigenvalue weighted by atomic mass is 9.90. The number of rotatable bonds is 29. The standard InChI is InChI=1S/C22H23F2N.C13H27N3O6.C8H16N2O3S.C4H8O.2C2H6/c1-22(2,3)13-19-11-17(20-12-18(23)9-10-21(20)24)15-25(19)14-16-7-5-4-6-8-16;14-11-13(18)16-2-4-20-6-8-22-10-9-21-7-5-19-3-1-12(15)17;9-3-1-4-10-7(11)6-14-5-2-8(12)13;1-3-4(2)5;2*1-2/h4-12,15H,13-14H2,1-3H3;1-11,14H2,(H2,15,17)(H,16,18);1-6,9H2,(H,10,11)(H,12,13);3H2,1-2H3;2*1-2H3. The van der Waals surface area contributed by atoms with E-state index < -0.39 is 17.6 Å². The van der Waals surface area contributed by atoms with Crippen LogP contribution in [0, 0.1) is 17.0 Å². The molecule has 3 rings (SSSR count). The number of thioether (sulfide) groups is 1. The van der Waals surface area contributed by atoms with Crippen LogP contribution in [0.15, 0.2) is 60.8 Å². The number of halogens is 2. The molecule has 0 unspecified atom stereocenters. The van der Waals surface area contributed by atoms with Crippen LogP contribution in [-0.2, 0) is 55.9 Å². The van der Waals surface area contributed by atoms with Crippen molar-refractivity contribution in [2.75, 3.05) is 90.5 Å². The van der Waals surface area contributed by atoms with Crippen molar-refractivity contribution >= 4 is 41.2 Å². The molecule has 3 amide bonds. The summed E-state index contributed by atoms with van der Waals surface area (Å²) in [6, 6.07) is 15.7. The average molecular weight is 1010 g/mol. The lowest BCUT2D eigenvalue weighted by Crippen LogP contribution is -2.32. The van der Waals surface area contributed by atoms with Crippen molar-refractivity contribution in [3.63, 3.8) is 0 Å². The molecule has 0 aliphatic heterocycles. The highest BCUT2D eigenvalue weighted by Crippen LogP contribution is 2.30. The van der Waals surface area contributed by atoms with Gasteiger partial charge in [0.1, 0.15) is 17.4 Å². The van der Waals surface area contributed by atoms with Crippen LogP contribution in [0.2, 0.25) is 0 Å². The van der Waals surface area contributed by atoms with Crippen molar-refractivity contribution in [2.24, 2.45) is 22.6 Å². The maximum atomic E-state index is 14.2. The fourth-order valence-corrected chi connectivity index (χ4v) is 5.77. The summed E-state index contributed by atoms with van der Waals surface area (Å²) in [5, 5.41) is 13.6. The topological polar surface area (TPSA) is 250 Å². The first kappa shape index (κ1) is 69.5. The average Bonchev–Trinajstić information content (AvgIpc) is 3.71. The van der Waals surface area contributed by atoms with Gasteiger partial charge in [-0.25, -0.2) is 8.78 Å². The summed E-state index contributed by atoms with van der Waals surface area (Å²) in [7, 11) is 0.